The van der Waals surface area contributed by atoms with E-state index in [4.69, 9.17) is 12.8 Å². The molecule has 2 aromatic carbocycles. The van der Waals surface area contributed by atoms with E-state index in [1.54, 1.807) is 0 Å². The smallest absolute Gasteiger partial charge is 0.141 e. The van der Waals surface area contributed by atoms with Crippen LogP contribution in [-0.2, 0) is 17.6 Å². The van der Waals surface area contributed by atoms with Gasteiger partial charge in [0.25, 0.3) is 0 Å². The third-order valence-corrected chi connectivity index (χ3v) is 3.12. The van der Waals surface area contributed by atoms with Crippen LogP contribution in [0.5, 0.6) is 0 Å². The van der Waals surface area contributed by atoms with Crippen LogP contribution in [0.4, 0.5) is 0 Å². The first-order chi connectivity index (χ1) is 9.74. The average Bonchev–Trinajstić information content (AvgIpc) is 2.48. The maximum Gasteiger partial charge on any atom is 0.141 e. The van der Waals surface area contributed by atoms with Gasteiger partial charge in [-0.25, -0.2) is 0 Å². The molecule has 0 heterocycles. The van der Waals surface area contributed by atoms with E-state index < -0.39 is 0 Å². The molecule has 0 saturated heterocycles. The lowest BCUT2D eigenvalue weighted by molar-refractivity contribution is -0.117. The minimum Gasteiger partial charge on any atom is -0.299 e. The first-order valence-electron chi connectivity index (χ1n) is 6.35. The highest BCUT2D eigenvalue weighted by molar-refractivity contribution is 5.84. The normalized spacial score (nSPS) is 9.50. The van der Waals surface area contributed by atoms with E-state index in [-0.39, 0.29) is 5.78 Å². The molecule has 0 amide bonds. The Morgan fingerprint density at radius 2 is 1.20 bits per heavy atom. The fourth-order valence-corrected chi connectivity index (χ4v) is 2.12. The average molecular weight is 258 g/mol. The van der Waals surface area contributed by atoms with Gasteiger partial charge in [-0.15, -0.1) is 12.8 Å². The van der Waals surface area contributed by atoms with E-state index in [9.17, 15) is 4.79 Å². The summed E-state index contributed by atoms with van der Waals surface area (Å²) in [7, 11) is 0. The molecule has 0 fully saturated rings. The Hall–Kier alpha value is -2.77. The van der Waals surface area contributed by atoms with Gasteiger partial charge >= 0.3 is 0 Å². The van der Waals surface area contributed by atoms with Crippen LogP contribution >= 0.6 is 0 Å². The molecule has 0 N–H and O–H groups in total. The van der Waals surface area contributed by atoms with Crippen molar-refractivity contribution in [1.82, 2.24) is 0 Å². The van der Waals surface area contributed by atoms with Crippen molar-refractivity contribution in [1.29, 1.82) is 0 Å². The minimum absolute atomic E-state index is 0.107. The van der Waals surface area contributed by atoms with Crippen molar-refractivity contribution < 1.29 is 4.79 Å². The highest BCUT2D eigenvalue weighted by Gasteiger charge is 2.09. The summed E-state index contributed by atoms with van der Waals surface area (Å²) in [6.45, 7) is 0. The molecule has 0 aliphatic heterocycles. The van der Waals surface area contributed by atoms with Crippen LogP contribution in [0.2, 0.25) is 0 Å². The summed E-state index contributed by atoms with van der Waals surface area (Å²) in [5, 5.41) is 0. The van der Waals surface area contributed by atoms with Gasteiger partial charge in [-0.1, -0.05) is 48.2 Å². The summed E-state index contributed by atoms with van der Waals surface area (Å²) in [5.74, 6) is 5.31. The third-order valence-electron chi connectivity index (χ3n) is 3.12. The summed E-state index contributed by atoms with van der Waals surface area (Å²) >= 11 is 0. The van der Waals surface area contributed by atoms with E-state index in [0.29, 0.717) is 12.8 Å². The van der Waals surface area contributed by atoms with Gasteiger partial charge in [0.15, 0.2) is 0 Å². The monoisotopic (exact) mass is 258 g/mol. The number of carbonyl (C=O) groups is 1. The van der Waals surface area contributed by atoms with Crippen LogP contribution in [0.15, 0.2) is 48.5 Å². The van der Waals surface area contributed by atoms with Gasteiger partial charge < -0.3 is 0 Å². The zero-order valence-corrected chi connectivity index (χ0v) is 11.1. The topological polar surface area (TPSA) is 17.1 Å². The molecule has 0 unspecified atom stereocenters. The number of terminal acetylenes is 2. The predicted octanol–water partition coefficient (Wildman–Crippen LogP) is 3.00. The van der Waals surface area contributed by atoms with Gasteiger partial charge in [0.1, 0.15) is 5.78 Å². The Morgan fingerprint density at radius 3 is 1.60 bits per heavy atom. The molecule has 0 atom stereocenters. The molecule has 0 aliphatic rings. The lowest BCUT2D eigenvalue weighted by Gasteiger charge is -2.06. The maximum absolute atomic E-state index is 12.2. The Kier molecular flexibility index (Phi) is 4.38. The van der Waals surface area contributed by atoms with Crippen molar-refractivity contribution in [3.8, 4) is 24.7 Å². The molecule has 2 aromatic rings. The van der Waals surface area contributed by atoms with E-state index >= 15 is 0 Å². The number of benzene rings is 2. The Morgan fingerprint density at radius 1 is 0.800 bits per heavy atom. The van der Waals surface area contributed by atoms with Crippen LogP contribution in [0.1, 0.15) is 22.3 Å². The first-order valence-corrected chi connectivity index (χ1v) is 6.35. The molecule has 0 saturated carbocycles. The number of Topliss-reactive ketones (excluding diaryl/α,β-unsaturated/α-hetero) is 1. The summed E-state index contributed by atoms with van der Waals surface area (Å²) in [6.07, 6.45) is 11.5. The maximum atomic E-state index is 12.2. The summed E-state index contributed by atoms with van der Waals surface area (Å²) < 4.78 is 0. The molecular formula is C19H14O. The van der Waals surface area contributed by atoms with E-state index in [1.165, 1.54) is 0 Å². The van der Waals surface area contributed by atoms with Crippen molar-refractivity contribution >= 4 is 5.78 Å². The van der Waals surface area contributed by atoms with Crippen molar-refractivity contribution in [3.63, 3.8) is 0 Å². The molecule has 0 aromatic heterocycles. The second-order valence-electron chi connectivity index (χ2n) is 4.50. The van der Waals surface area contributed by atoms with E-state index in [1.807, 2.05) is 48.5 Å². The van der Waals surface area contributed by atoms with Gasteiger partial charge in [-0.3, -0.25) is 4.79 Å². The first kappa shape index (κ1) is 13.7. The van der Waals surface area contributed by atoms with Gasteiger partial charge in [0, 0.05) is 24.0 Å². The van der Waals surface area contributed by atoms with Crippen LogP contribution in [0.25, 0.3) is 0 Å². The number of hydrogen-bond donors (Lipinski definition) is 0. The minimum atomic E-state index is 0.107. The molecular weight excluding hydrogens is 244 g/mol. The van der Waals surface area contributed by atoms with Crippen LogP contribution < -0.4 is 0 Å². The lowest BCUT2D eigenvalue weighted by atomic mass is 9.97. The van der Waals surface area contributed by atoms with Crippen molar-refractivity contribution in [2.75, 3.05) is 0 Å². The Bertz CT molecular complexity index is 650. The van der Waals surface area contributed by atoms with Gasteiger partial charge in [-0.05, 0) is 23.3 Å². The van der Waals surface area contributed by atoms with Gasteiger partial charge in [0.2, 0.25) is 0 Å². The molecule has 0 bridgehead atoms. The van der Waals surface area contributed by atoms with Crippen LogP contribution in [0.3, 0.4) is 0 Å². The van der Waals surface area contributed by atoms with Gasteiger partial charge in [0.05, 0.1) is 0 Å². The fourth-order valence-electron chi connectivity index (χ4n) is 2.12. The second kappa shape index (κ2) is 6.41. The van der Waals surface area contributed by atoms with Crippen molar-refractivity contribution in [3.05, 3.63) is 70.8 Å². The van der Waals surface area contributed by atoms with E-state index in [0.717, 1.165) is 22.3 Å². The number of ketones is 1. The number of hydrogen-bond acceptors (Lipinski definition) is 1. The fraction of sp³-hybridized carbons (Fsp3) is 0.105. The van der Waals surface area contributed by atoms with Crippen molar-refractivity contribution in [2.45, 2.75) is 12.8 Å². The lowest BCUT2D eigenvalue weighted by Crippen LogP contribution is -2.08. The third kappa shape index (κ3) is 3.16. The van der Waals surface area contributed by atoms with Crippen molar-refractivity contribution in [2.24, 2.45) is 0 Å². The molecule has 0 radical (unpaired) electrons. The zero-order chi connectivity index (χ0) is 14.4. The standard InChI is InChI=1S/C19H14O/c1-3-15-9-5-7-11-17(15)13-19(20)14-18-12-8-6-10-16(18)4-2/h1-2,5-12H,13-14H2. The molecule has 0 spiro atoms. The Balaban J connectivity index is 2.14. The van der Waals surface area contributed by atoms with E-state index in [2.05, 4.69) is 11.8 Å². The summed E-state index contributed by atoms with van der Waals surface area (Å²) in [4.78, 5) is 12.2. The molecule has 1 nitrogen and oxygen atoms in total. The Labute approximate surface area is 119 Å². The highest BCUT2D eigenvalue weighted by atomic mass is 16.1. The summed E-state index contributed by atoms with van der Waals surface area (Å²) in [5.41, 5.74) is 3.31. The highest BCUT2D eigenvalue weighted by Crippen LogP contribution is 2.12. The van der Waals surface area contributed by atoms with Crippen LogP contribution in [0, 0.1) is 24.7 Å². The van der Waals surface area contributed by atoms with Gasteiger partial charge in [-0.2, -0.15) is 0 Å². The molecule has 1 heteroatoms. The number of rotatable bonds is 4. The molecule has 0 aliphatic carbocycles. The predicted molar refractivity (Wildman–Crippen MR) is 81.2 cm³/mol. The molecule has 96 valence electrons. The summed E-state index contributed by atoms with van der Waals surface area (Å²) in [6, 6.07) is 15.0. The SMILES string of the molecule is C#Cc1ccccc1CC(=O)Cc1ccccc1C#C. The molecule has 20 heavy (non-hydrogen) atoms. The number of carbonyl (C=O) groups excluding carboxylic acids is 1. The molecule has 2 rings (SSSR count). The largest absolute Gasteiger partial charge is 0.299 e. The second-order valence-corrected chi connectivity index (χ2v) is 4.50. The zero-order valence-electron chi connectivity index (χ0n) is 11.1. The quantitative estimate of drug-likeness (QED) is 0.770. The van der Waals surface area contributed by atoms with Crippen LogP contribution in [-0.4, -0.2) is 5.78 Å².